The normalized spacial score (nSPS) is 17.2. The molecule has 2 aliphatic rings. The van der Waals surface area contributed by atoms with Crippen molar-refractivity contribution in [2.45, 2.75) is 6.42 Å². The molecular weight excluding hydrogens is 288 g/mol. The van der Waals surface area contributed by atoms with Crippen molar-refractivity contribution in [1.82, 2.24) is 5.32 Å². The number of likely N-dealkylation sites (N-methyl/N-ethyl adjacent to an activating group) is 1. The topological polar surface area (TPSA) is 15.3 Å². The van der Waals surface area contributed by atoms with Gasteiger partial charge in [-0.3, -0.25) is 0 Å². The Kier molecular flexibility index (Phi) is 3.00. The summed E-state index contributed by atoms with van der Waals surface area (Å²) in [7, 11) is 2.15. The first-order valence-corrected chi connectivity index (χ1v) is 6.89. The largest absolute Gasteiger partial charge is 0.373 e. The minimum Gasteiger partial charge on any atom is -0.373 e. The van der Waals surface area contributed by atoms with E-state index < -0.39 is 0 Å². The Morgan fingerprint density at radius 1 is 1.22 bits per heavy atom. The highest BCUT2D eigenvalue weighted by Crippen LogP contribution is 2.38. The predicted octanol–water partition coefficient (Wildman–Crippen LogP) is 3.46. The molecule has 0 fully saturated rings. The zero-order valence-corrected chi connectivity index (χ0v) is 11.9. The molecule has 0 aromatic heterocycles. The maximum atomic E-state index is 3.65. The molecule has 1 N–H and O–H groups in total. The highest BCUT2D eigenvalue weighted by Gasteiger charge is 2.22. The van der Waals surface area contributed by atoms with E-state index in [9.17, 15) is 0 Å². The second-order valence-electron chi connectivity index (χ2n) is 4.56. The van der Waals surface area contributed by atoms with Crippen LogP contribution in [0.15, 0.2) is 47.1 Å². The lowest BCUT2D eigenvalue weighted by atomic mass is 10.0. The van der Waals surface area contributed by atoms with E-state index in [0.717, 1.165) is 13.0 Å². The van der Waals surface area contributed by atoms with Crippen molar-refractivity contribution in [3.63, 3.8) is 0 Å². The molecule has 0 radical (unpaired) electrons. The Balaban J connectivity index is 2.12. The van der Waals surface area contributed by atoms with Gasteiger partial charge in [-0.15, -0.1) is 0 Å². The number of benzene rings is 1. The van der Waals surface area contributed by atoms with E-state index in [0.29, 0.717) is 0 Å². The van der Waals surface area contributed by atoms with Gasteiger partial charge in [0.25, 0.3) is 0 Å². The van der Waals surface area contributed by atoms with Gasteiger partial charge in [0.05, 0.1) is 5.69 Å². The van der Waals surface area contributed by atoms with Gasteiger partial charge >= 0.3 is 0 Å². The molecule has 2 nitrogen and oxygen atoms in total. The van der Waals surface area contributed by atoms with Gasteiger partial charge in [0.15, 0.2) is 0 Å². The van der Waals surface area contributed by atoms with Crippen molar-refractivity contribution in [3.05, 3.63) is 58.2 Å². The molecule has 2 aliphatic heterocycles. The fourth-order valence-corrected chi connectivity index (χ4v) is 3.22. The average molecular weight is 303 g/mol. The van der Waals surface area contributed by atoms with Crippen LogP contribution in [-0.4, -0.2) is 13.6 Å². The van der Waals surface area contributed by atoms with Gasteiger partial charge in [0.2, 0.25) is 0 Å². The fraction of sp³-hybridized carbons (Fsp3) is 0.200. The van der Waals surface area contributed by atoms with Crippen molar-refractivity contribution in [2.24, 2.45) is 0 Å². The molecule has 0 saturated carbocycles. The second kappa shape index (κ2) is 4.65. The van der Waals surface area contributed by atoms with Crippen LogP contribution in [0.3, 0.4) is 0 Å². The minimum atomic E-state index is 1.09. The first-order chi connectivity index (χ1) is 8.77. The third kappa shape index (κ3) is 1.89. The molecule has 3 heteroatoms. The van der Waals surface area contributed by atoms with Crippen LogP contribution in [-0.2, 0) is 6.42 Å². The number of hydrogen-bond donors (Lipinski definition) is 1. The maximum absolute atomic E-state index is 3.65. The highest BCUT2D eigenvalue weighted by atomic mass is 79.9. The summed E-state index contributed by atoms with van der Waals surface area (Å²) in [5.41, 5.74) is 5.22. The summed E-state index contributed by atoms with van der Waals surface area (Å²) < 4.78 is 1.18. The fourth-order valence-electron chi connectivity index (χ4n) is 2.54. The van der Waals surface area contributed by atoms with Gasteiger partial charge in [0.1, 0.15) is 0 Å². The molecule has 18 heavy (non-hydrogen) atoms. The zero-order chi connectivity index (χ0) is 12.5. The molecule has 0 atom stereocenters. The third-order valence-electron chi connectivity index (χ3n) is 3.42. The summed E-state index contributed by atoms with van der Waals surface area (Å²) in [4.78, 5) is 2.31. The van der Waals surface area contributed by atoms with Crippen LogP contribution >= 0.6 is 15.9 Å². The SMILES string of the molecule is CN1CCc2c(C3=CC=CC=CN3)ccc(Br)c21. The summed E-state index contributed by atoms with van der Waals surface area (Å²) in [6.07, 6.45) is 11.3. The van der Waals surface area contributed by atoms with Crippen LogP contribution < -0.4 is 10.2 Å². The van der Waals surface area contributed by atoms with Crippen LogP contribution in [0.4, 0.5) is 5.69 Å². The Hall–Kier alpha value is -1.48. The molecular formula is C15H15BrN2. The van der Waals surface area contributed by atoms with Crippen LogP contribution in [0.1, 0.15) is 11.1 Å². The molecule has 3 rings (SSSR count). The van der Waals surface area contributed by atoms with Crippen molar-refractivity contribution >= 4 is 27.3 Å². The number of hydrogen-bond acceptors (Lipinski definition) is 2. The first kappa shape index (κ1) is 11.6. The smallest absolute Gasteiger partial charge is 0.0548 e. The Bertz CT molecular complexity index is 570. The number of nitrogens with zero attached hydrogens (tertiary/aromatic N) is 1. The van der Waals surface area contributed by atoms with Crippen molar-refractivity contribution in [2.75, 3.05) is 18.5 Å². The number of rotatable bonds is 1. The molecule has 0 unspecified atom stereocenters. The van der Waals surface area contributed by atoms with E-state index in [1.54, 1.807) is 0 Å². The Morgan fingerprint density at radius 3 is 3.00 bits per heavy atom. The molecule has 0 aliphatic carbocycles. The summed E-state index contributed by atoms with van der Waals surface area (Å²) in [5.74, 6) is 0. The van der Waals surface area contributed by atoms with Gasteiger partial charge in [-0.25, -0.2) is 0 Å². The molecule has 0 saturated heterocycles. The lowest BCUT2D eigenvalue weighted by molar-refractivity contribution is 0.953. The van der Waals surface area contributed by atoms with E-state index in [2.05, 4.69) is 57.5 Å². The quantitative estimate of drug-likeness (QED) is 0.855. The lowest BCUT2D eigenvalue weighted by Gasteiger charge is -2.16. The summed E-state index contributed by atoms with van der Waals surface area (Å²) >= 11 is 3.65. The molecule has 2 heterocycles. The molecule has 0 spiro atoms. The highest BCUT2D eigenvalue weighted by molar-refractivity contribution is 9.10. The van der Waals surface area contributed by atoms with Gasteiger partial charge in [-0.05, 0) is 46.1 Å². The summed E-state index contributed by atoms with van der Waals surface area (Å²) in [6, 6.07) is 4.32. The standard InChI is InChI=1S/C15H15BrN2/c1-18-10-8-12-11(6-7-13(16)15(12)18)14-5-3-2-4-9-17-14/h2-7,9,17H,8,10H2,1H3. The number of nitrogens with one attached hydrogen (secondary N) is 1. The molecule has 92 valence electrons. The Labute approximate surface area is 116 Å². The van der Waals surface area contributed by atoms with Crippen LogP contribution in [0, 0.1) is 0 Å². The summed E-state index contributed by atoms with van der Waals surface area (Å²) in [6.45, 7) is 1.09. The van der Waals surface area contributed by atoms with E-state index in [4.69, 9.17) is 0 Å². The molecule has 0 amide bonds. The monoisotopic (exact) mass is 302 g/mol. The van der Waals surface area contributed by atoms with E-state index in [-0.39, 0.29) is 0 Å². The second-order valence-corrected chi connectivity index (χ2v) is 5.42. The van der Waals surface area contributed by atoms with E-state index >= 15 is 0 Å². The van der Waals surface area contributed by atoms with Crippen LogP contribution in [0.5, 0.6) is 0 Å². The Morgan fingerprint density at radius 2 is 2.11 bits per heavy atom. The first-order valence-electron chi connectivity index (χ1n) is 6.10. The van der Waals surface area contributed by atoms with Gasteiger partial charge in [-0.2, -0.15) is 0 Å². The number of anilines is 1. The number of fused-ring (bicyclic) bond motifs is 1. The summed E-state index contributed by atoms with van der Waals surface area (Å²) in [5, 5.41) is 3.35. The minimum absolute atomic E-state index is 1.09. The van der Waals surface area contributed by atoms with Crippen LogP contribution in [0.2, 0.25) is 0 Å². The van der Waals surface area contributed by atoms with Gasteiger partial charge in [0, 0.05) is 35.5 Å². The third-order valence-corrected chi connectivity index (χ3v) is 4.06. The van der Waals surface area contributed by atoms with Gasteiger partial charge in [-0.1, -0.05) is 18.2 Å². The predicted molar refractivity (Wildman–Crippen MR) is 80.5 cm³/mol. The molecule has 1 aromatic rings. The molecule has 1 aromatic carbocycles. The van der Waals surface area contributed by atoms with E-state index in [1.807, 2.05) is 18.4 Å². The zero-order valence-electron chi connectivity index (χ0n) is 10.3. The molecule has 0 bridgehead atoms. The van der Waals surface area contributed by atoms with Crippen LogP contribution in [0.25, 0.3) is 5.70 Å². The maximum Gasteiger partial charge on any atom is 0.0548 e. The lowest BCUT2D eigenvalue weighted by Crippen LogP contribution is -2.12. The van der Waals surface area contributed by atoms with E-state index in [1.165, 1.54) is 27.0 Å². The van der Waals surface area contributed by atoms with Crippen molar-refractivity contribution in [3.8, 4) is 0 Å². The average Bonchev–Trinajstić information content (AvgIpc) is 2.62. The number of halogens is 1. The van der Waals surface area contributed by atoms with Gasteiger partial charge < -0.3 is 10.2 Å². The number of allylic oxidation sites excluding steroid dienone is 4. The van der Waals surface area contributed by atoms with Crippen molar-refractivity contribution in [1.29, 1.82) is 0 Å². The van der Waals surface area contributed by atoms with Crippen molar-refractivity contribution < 1.29 is 0 Å².